The smallest absolute Gasteiger partial charge is 0.279 e. The van der Waals surface area contributed by atoms with Gasteiger partial charge in [-0.3, -0.25) is 19.5 Å². The number of nitrogens with one attached hydrogen (secondary N) is 1. The first kappa shape index (κ1) is 32.5. The Morgan fingerprint density at radius 2 is 1.71 bits per heavy atom. The second-order valence-electron chi connectivity index (χ2n) is 12.0. The van der Waals surface area contributed by atoms with Crippen LogP contribution >= 0.6 is 0 Å². The number of ether oxygens (including phenoxy) is 1. The van der Waals surface area contributed by atoms with E-state index in [-0.39, 0.29) is 37.6 Å². The maximum atomic E-state index is 14.1. The summed E-state index contributed by atoms with van der Waals surface area (Å²) in [5, 5.41) is 25.4. The van der Waals surface area contributed by atoms with Gasteiger partial charge in [-0.05, 0) is 53.6 Å². The van der Waals surface area contributed by atoms with Gasteiger partial charge in [0.05, 0.1) is 42.5 Å². The molecule has 6 rings (SSSR count). The molecule has 0 spiro atoms. The number of hydrogen-bond donors (Lipinski definition) is 3. The number of carbonyl (C=O) groups excluding carboxylic acids is 2. The monoisotopic (exact) mass is 646 g/mol. The fourth-order valence-corrected chi connectivity index (χ4v) is 6.24. The molecule has 1 aromatic heterocycles. The van der Waals surface area contributed by atoms with Crippen LogP contribution in [0.4, 0.5) is 5.69 Å². The number of aliphatic hydroxyl groups is 2. The highest BCUT2D eigenvalue weighted by molar-refractivity contribution is 6.07. The number of H-pyrrole nitrogens is 1. The van der Waals surface area contributed by atoms with E-state index in [1.165, 1.54) is 11.8 Å². The van der Waals surface area contributed by atoms with Crippen LogP contribution in [0.5, 0.6) is 5.75 Å². The van der Waals surface area contributed by atoms with Gasteiger partial charge in [-0.25, -0.2) is 4.68 Å². The number of aromatic nitrogens is 2. The Bertz CT molecular complexity index is 2020. The normalized spacial score (nSPS) is 16.4. The van der Waals surface area contributed by atoms with Crippen LogP contribution < -0.4 is 15.2 Å². The lowest BCUT2D eigenvalue weighted by Crippen LogP contribution is -2.44. The van der Waals surface area contributed by atoms with Crippen molar-refractivity contribution in [1.29, 1.82) is 0 Å². The van der Waals surface area contributed by atoms with Gasteiger partial charge in [-0.2, -0.15) is 0 Å². The number of para-hydroxylation sites is 1. The van der Waals surface area contributed by atoms with E-state index in [0.717, 1.165) is 16.6 Å². The number of benzene rings is 4. The summed E-state index contributed by atoms with van der Waals surface area (Å²) >= 11 is 0. The van der Waals surface area contributed by atoms with Gasteiger partial charge < -0.3 is 24.7 Å². The molecule has 0 radical (unpaired) electrons. The van der Waals surface area contributed by atoms with Crippen molar-refractivity contribution in [2.75, 3.05) is 25.2 Å². The average Bonchev–Trinajstić information content (AvgIpc) is 3.56. The fraction of sp³-hybridized carbons (Fsp3) is 0.237. The number of anilines is 1. The van der Waals surface area contributed by atoms with Crippen molar-refractivity contribution in [2.45, 2.75) is 32.0 Å². The molecule has 0 saturated carbocycles. The van der Waals surface area contributed by atoms with Gasteiger partial charge in [0.25, 0.3) is 11.5 Å². The molecular weight excluding hydrogens is 608 g/mol. The van der Waals surface area contributed by atoms with E-state index in [9.17, 15) is 24.6 Å². The summed E-state index contributed by atoms with van der Waals surface area (Å²) in [6.07, 6.45) is 3.40. The van der Waals surface area contributed by atoms with Crippen LogP contribution in [0, 0.1) is 5.92 Å². The van der Waals surface area contributed by atoms with E-state index < -0.39 is 17.4 Å². The van der Waals surface area contributed by atoms with E-state index in [2.05, 4.69) is 5.10 Å². The largest absolute Gasteiger partial charge is 0.497 e. The number of methoxy groups -OCH3 is 1. The van der Waals surface area contributed by atoms with Crippen LogP contribution in [0.15, 0.2) is 114 Å². The van der Waals surface area contributed by atoms with Crippen LogP contribution in [0.1, 0.15) is 30.0 Å². The van der Waals surface area contributed by atoms with Crippen molar-refractivity contribution in [1.82, 2.24) is 14.7 Å². The molecule has 2 amide bonds. The molecule has 1 aliphatic rings. The first-order valence-corrected chi connectivity index (χ1v) is 15.9. The molecule has 246 valence electrons. The molecule has 48 heavy (non-hydrogen) atoms. The van der Waals surface area contributed by atoms with Crippen LogP contribution in [0.3, 0.4) is 0 Å². The summed E-state index contributed by atoms with van der Waals surface area (Å²) in [5.74, 6) is -0.855. The SMILES string of the molecule is COc1ccc2c(c1)[C@](O)([C@@H](C)/C=C/CC(=O)N(CCO)Cc1ccccc1)C(=O)N2Cc1ccc(-n2[nH]c3ccccc3c2=O)cc1. The zero-order chi connectivity index (χ0) is 33.8. The number of aromatic amines is 1. The van der Waals surface area contributed by atoms with Gasteiger partial charge in [-0.15, -0.1) is 0 Å². The van der Waals surface area contributed by atoms with Crippen LogP contribution in [0.25, 0.3) is 16.6 Å². The Morgan fingerprint density at radius 3 is 2.42 bits per heavy atom. The summed E-state index contributed by atoms with van der Waals surface area (Å²) in [5.41, 5.74) is 2.08. The van der Waals surface area contributed by atoms with Crippen LogP contribution in [0.2, 0.25) is 0 Å². The van der Waals surface area contributed by atoms with Gasteiger partial charge >= 0.3 is 0 Å². The Kier molecular flexibility index (Phi) is 9.29. The van der Waals surface area contributed by atoms with Crippen molar-refractivity contribution in [3.8, 4) is 11.4 Å². The lowest BCUT2D eigenvalue weighted by atomic mass is 9.83. The minimum Gasteiger partial charge on any atom is -0.497 e. The van der Waals surface area contributed by atoms with Crippen molar-refractivity contribution in [2.24, 2.45) is 5.92 Å². The van der Waals surface area contributed by atoms with E-state index in [4.69, 9.17) is 4.74 Å². The van der Waals surface area contributed by atoms with Crippen LogP contribution in [-0.4, -0.2) is 57.0 Å². The van der Waals surface area contributed by atoms with E-state index >= 15 is 0 Å². The number of carbonyl (C=O) groups is 2. The van der Waals surface area contributed by atoms with Crippen molar-refractivity contribution in [3.63, 3.8) is 0 Å². The summed E-state index contributed by atoms with van der Waals surface area (Å²) in [7, 11) is 1.53. The summed E-state index contributed by atoms with van der Waals surface area (Å²) in [6.45, 7) is 2.33. The molecule has 3 N–H and O–H groups in total. The Balaban J connectivity index is 1.21. The Labute approximate surface area is 278 Å². The predicted molar refractivity (Wildman–Crippen MR) is 184 cm³/mol. The van der Waals surface area contributed by atoms with Gasteiger partial charge in [0.15, 0.2) is 5.60 Å². The van der Waals surface area contributed by atoms with Gasteiger partial charge in [-0.1, -0.05) is 73.7 Å². The standard InChI is InChI=1S/C38H38N4O6/c1-26(9-8-14-35(44)40(21-22-43)24-27-10-4-3-5-11-27)38(47)32-23-30(48-2)19-20-34(32)41(37(38)46)25-28-15-17-29(18-16-28)42-36(45)31-12-6-7-13-33(31)39-42/h3-13,15-20,23,26,39,43,47H,14,21-22,24-25H2,1-2H3/b9-8+/t26-,38+/m0/s1. The highest BCUT2D eigenvalue weighted by atomic mass is 16.5. The number of amides is 2. The predicted octanol–water partition coefficient (Wildman–Crippen LogP) is 4.67. The van der Waals surface area contributed by atoms with Gasteiger partial charge in [0, 0.05) is 31.0 Å². The van der Waals surface area contributed by atoms with E-state index in [1.54, 1.807) is 53.1 Å². The molecule has 0 saturated heterocycles. The molecule has 2 heterocycles. The van der Waals surface area contributed by atoms with Crippen molar-refractivity contribution in [3.05, 3.63) is 136 Å². The molecule has 4 aromatic carbocycles. The maximum absolute atomic E-state index is 14.1. The Hall–Kier alpha value is -5.45. The number of aliphatic hydroxyl groups excluding tert-OH is 1. The van der Waals surface area contributed by atoms with E-state index in [0.29, 0.717) is 34.6 Å². The van der Waals surface area contributed by atoms with Gasteiger partial charge in [0.2, 0.25) is 5.91 Å². The Morgan fingerprint density at radius 1 is 0.979 bits per heavy atom. The third-order valence-corrected chi connectivity index (χ3v) is 8.92. The zero-order valence-corrected chi connectivity index (χ0v) is 26.9. The highest BCUT2D eigenvalue weighted by Gasteiger charge is 2.52. The van der Waals surface area contributed by atoms with Crippen molar-refractivity contribution < 1.29 is 24.5 Å². The number of fused-ring (bicyclic) bond motifs is 2. The zero-order valence-electron chi connectivity index (χ0n) is 26.9. The topological polar surface area (TPSA) is 128 Å². The molecule has 5 aromatic rings. The van der Waals surface area contributed by atoms with Crippen LogP contribution in [-0.2, 0) is 28.3 Å². The number of nitrogens with zero attached hydrogens (tertiary/aromatic N) is 3. The number of rotatable bonds is 12. The molecule has 0 unspecified atom stereocenters. The van der Waals surface area contributed by atoms with E-state index in [1.807, 2.05) is 72.8 Å². The highest BCUT2D eigenvalue weighted by Crippen LogP contribution is 2.47. The molecule has 1 aliphatic heterocycles. The average molecular weight is 647 g/mol. The number of hydrogen-bond acceptors (Lipinski definition) is 6. The summed E-state index contributed by atoms with van der Waals surface area (Å²) in [6, 6.07) is 29.4. The third kappa shape index (κ3) is 6.15. The quantitative estimate of drug-likeness (QED) is 0.169. The second kappa shape index (κ2) is 13.7. The van der Waals surface area contributed by atoms with Gasteiger partial charge in [0.1, 0.15) is 5.75 Å². The molecule has 0 aliphatic carbocycles. The second-order valence-corrected chi connectivity index (χ2v) is 12.0. The first-order valence-electron chi connectivity index (χ1n) is 15.9. The lowest BCUT2D eigenvalue weighted by molar-refractivity contribution is -0.139. The third-order valence-electron chi connectivity index (χ3n) is 8.92. The molecule has 2 atom stereocenters. The van der Waals surface area contributed by atoms with Crippen molar-refractivity contribution >= 4 is 28.4 Å². The minimum absolute atomic E-state index is 0.0436. The molecule has 10 heteroatoms. The molecule has 0 fully saturated rings. The fourth-order valence-electron chi connectivity index (χ4n) is 6.24. The minimum atomic E-state index is -1.91. The summed E-state index contributed by atoms with van der Waals surface area (Å²) < 4.78 is 6.92. The summed E-state index contributed by atoms with van der Waals surface area (Å²) in [4.78, 5) is 43.2. The molecule has 10 nitrogen and oxygen atoms in total. The molecular formula is C38H38N4O6. The maximum Gasteiger partial charge on any atom is 0.279 e. The molecule has 0 bridgehead atoms. The first-order chi connectivity index (χ1) is 23.2. The lowest BCUT2D eigenvalue weighted by Gasteiger charge is -2.28.